The Morgan fingerprint density at radius 3 is 2.71 bits per heavy atom. The van der Waals surface area contributed by atoms with Crippen LogP contribution in [0, 0.1) is 0 Å². The van der Waals surface area contributed by atoms with Gasteiger partial charge in [0.05, 0.1) is 10.8 Å². The summed E-state index contributed by atoms with van der Waals surface area (Å²) in [6, 6.07) is 0. The van der Waals surface area contributed by atoms with Crippen molar-refractivity contribution in [3.8, 4) is 0 Å². The van der Waals surface area contributed by atoms with Gasteiger partial charge in [0.25, 0.3) is 5.91 Å². The minimum Gasteiger partial charge on any atom is -0.303 e. The fraction of sp³-hybridized carbons (Fsp3) is 0.800. The highest BCUT2D eigenvalue weighted by molar-refractivity contribution is 8.15. The van der Waals surface area contributed by atoms with Gasteiger partial charge in [-0.25, -0.2) is 4.99 Å². The molecule has 0 unspecified atom stereocenters. The SMILES string of the molecule is O=C1CSC(CCN2CCCCC2)=N1. The smallest absolute Gasteiger partial charge is 0.256 e. The minimum absolute atomic E-state index is 0.0450. The Balaban J connectivity index is 1.71. The summed E-state index contributed by atoms with van der Waals surface area (Å²) in [5.74, 6) is 0.610. The third kappa shape index (κ3) is 2.82. The van der Waals surface area contributed by atoms with Gasteiger partial charge >= 0.3 is 0 Å². The second kappa shape index (κ2) is 4.94. The summed E-state index contributed by atoms with van der Waals surface area (Å²) in [4.78, 5) is 17.4. The fourth-order valence-electron chi connectivity index (χ4n) is 1.91. The highest BCUT2D eigenvalue weighted by atomic mass is 32.2. The van der Waals surface area contributed by atoms with Gasteiger partial charge in [0.1, 0.15) is 0 Å². The normalized spacial score (nSPS) is 24.0. The van der Waals surface area contributed by atoms with E-state index < -0.39 is 0 Å². The van der Waals surface area contributed by atoms with Crippen molar-refractivity contribution in [3.63, 3.8) is 0 Å². The van der Waals surface area contributed by atoms with Crippen molar-refractivity contribution in [1.29, 1.82) is 0 Å². The van der Waals surface area contributed by atoms with Gasteiger partial charge in [0.2, 0.25) is 0 Å². The van der Waals surface area contributed by atoms with Crippen LogP contribution in [0.4, 0.5) is 0 Å². The highest BCUT2D eigenvalue weighted by Gasteiger charge is 2.16. The summed E-state index contributed by atoms with van der Waals surface area (Å²) in [7, 11) is 0. The predicted molar refractivity (Wildman–Crippen MR) is 59.8 cm³/mol. The molecule has 0 radical (unpaired) electrons. The van der Waals surface area contributed by atoms with E-state index in [1.165, 1.54) is 32.4 Å². The molecule has 0 atom stereocenters. The molecule has 4 heteroatoms. The van der Waals surface area contributed by atoms with Gasteiger partial charge in [-0.15, -0.1) is 11.8 Å². The number of hydrogen-bond acceptors (Lipinski definition) is 3. The van der Waals surface area contributed by atoms with E-state index in [0.29, 0.717) is 5.75 Å². The van der Waals surface area contributed by atoms with Gasteiger partial charge in [-0.1, -0.05) is 6.42 Å². The number of piperidine rings is 1. The van der Waals surface area contributed by atoms with E-state index in [1.54, 1.807) is 11.8 Å². The van der Waals surface area contributed by atoms with Crippen LogP contribution >= 0.6 is 11.8 Å². The Morgan fingerprint density at radius 1 is 1.29 bits per heavy atom. The maximum absolute atomic E-state index is 10.9. The summed E-state index contributed by atoms with van der Waals surface area (Å²) in [6.45, 7) is 3.54. The number of rotatable bonds is 3. The Bertz CT molecular complexity index is 247. The molecule has 0 bridgehead atoms. The predicted octanol–water partition coefficient (Wildman–Crippen LogP) is 1.53. The number of amides is 1. The first-order valence-electron chi connectivity index (χ1n) is 5.30. The van der Waals surface area contributed by atoms with Crippen molar-refractivity contribution >= 4 is 22.7 Å². The number of nitrogens with zero attached hydrogens (tertiary/aromatic N) is 2. The molecule has 0 saturated carbocycles. The third-order valence-electron chi connectivity index (χ3n) is 2.70. The molecule has 2 aliphatic rings. The lowest BCUT2D eigenvalue weighted by atomic mass is 10.1. The van der Waals surface area contributed by atoms with E-state index in [0.717, 1.165) is 18.0 Å². The van der Waals surface area contributed by atoms with Crippen LogP contribution in [0.3, 0.4) is 0 Å². The van der Waals surface area contributed by atoms with Crippen LogP contribution < -0.4 is 0 Å². The lowest BCUT2D eigenvalue weighted by Crippen LogP contribution is -2.31. The molecule has 0 aliphatic carbocycles. The molecular weight excluding hydrogens is 196 g/mol. The Labute approximate surface area is 89.0 Å². The number of carbonyl (C=O) groups is 1. The van der Waals surface area contributed by atoms with Gasteiger partial charge in [0, 0.05) is 13.0 Å². The maximum atomic E-state index is 10.9. The Morgan fingerprint density at radius 2 is 2.07 bits per heavy atom. The van der Waals surface area contributed by atoms with Crippen LogP contribution in [0.2, 0.25) is 0 Å². The van der Waals surface area contributed by atoms with E-state index in [9.17, 15) is 4.79 Å². The molecule has 2 rings (SSSR count). The molecule has 2 aliphatic heterocycles. The molecule has 78 valence electrons. The lowest BCUT2D eigenvalue weighted by molar-refractivity contribution is -0.115. The van der Waals surface area contributed by atoms with E-state index in [-0.39, 0.29) is 5.91 Å². The van der Waals surface area contributed by atoms with E-state index in [2.05, 4.69) is 9.89 Å². The topological polar surface area (TPSA) is 32.7 Å². The monoisotopic (exact) mass is 212 g/mol. The van der Waals surface area contributed by atoms with Gasteiger partial charge in [-0.2, -0.15) is 0 Å². The zero-order valence-corrected chi connectivity index (χ0v) is 9.18. The standard InChI is InChI=1S/C10H16N2OS/c13-9-8-14-10(11-9)4-7-12-5-2-1-3-6-12/h1-8H2. The number of aliphatic imine (C=N–C) groups is 1. The molecule has 2 heterocycles. The number of carbonyl (C=O) groups excluding carboxylic acids is 1. The third-order valence-corrected chi connectivity index (χ3v) is 3.72. The largest absolute Gasteiger partial charge is 0.303 e. The number of thioether (sulfide) groups is 1. The average Bonchev–Trinajstić information content (AvgIpc) is 2.63. The van der Waals surface area contributed by atoms with Crippen molar-refractivity contribution in [1.82, 2.24) is 4.90 Å². The Hall–Kier alpha value is -0.350. The maximum Gasteiger partial charge on any atom is 0.256 e. The van der Waals surface area contributed by atoms with Crippen LogP contribution in [0.1, 0.15) is 25.7 Å². The molecule has 0 aromatic carbocycles. The number of hydrogen-bond donors (Lipinski definition) is 0. The van der Waals surface area contributed by atoms with Crippen molar-refractivity contribution in [2.24, 2.45) is 4.99 Å². The summed E-state index contributed by atoms with van der Waals surface area (Å²) >= 11 is 1.61. The first-order valence-corrected chi connectivity index (χ1v) is 6.29. The van der Waals surface area contributed by atoms with E-state index in [1.807, 2.05) is 0 Å². The van der Waals surface area contributed by atoms with Crippen molar-refractivity contribution in [2.45, 2.75) is 25.7 Å². The second-order valence-electron chi connectivity index (χ2n) is 3.84. The molecule has 0 N–H and O–H groups in total. The molecule has 1 amide bonds. The van der Waals surface area contributed by atoms with Crippen LogP contribution in [0.5, 0.6) is 0 Å². The highest BCUT2D eigenvalue weighted by Crippen LogP contribution is 2.17. The van der Waals surface area contributed by atoms with Crippen molar-refractivity contribution in [3.05, 3.63) is 0 Å². The van der Waals surface area contributed by atoms with Gasteiger partial charge < -0.3 is 4.90 Å². The van der Waals surface area contributed by atoms with Crippen molar-refractivity contribution < 1.29 is 4.79 Å². The summed E-state index contributed by atoms with van der Waals surface area (Å²) in [5, 5.41) is 1.04. The summed E-state index contributed by atoms with van der Waals surface area (Å²) < 4.78 is 0. The first kappa shape index (κ1) is 10.2. The fourth-order valence-corrected chi connectivity index (χ4v) is 2.67. The van der Waals surface area contributed by atoms with Crippen LogP contribution in [0.25, 0.3) is 0 Å². The van der Waals surface area contributed by atoms with Gasteiger partial charge in [0.15, 0.2) is 0 Å². The quantitative estimate of drug-likeness (QED) is 0.711. The van der Waals surface area contributed by atoms with Crippen LogP contribution in [0.15, 0.2) is 4.99 Å². The van der Waals surface area contributed by atoms with Gasteiger partial charge in [-0.05, 0) is 25.9 Å². The zero-order chi connectivity index (χ0) is 9.80. The molecule has 1 saturated heterocycles. The van der Waals surface area contributed by atoms with Gasteiger partial charge in [-0.3, -0.25) is 4.79 Å². The molecule has 0 spiro atoms. The van der Waals surface area contributed by atoms with Crippen molar-refractivity contribution in [2.75, 3.05) is 25.4 Å². The minimum atomic E-state index is 0.0450. The average molecular weight is 212 g/mol. The zero-order valence-electron chi connectivity index (χ0n) is 8.37. The van der Waals surface area contributed by atoms with E-state index >= 15 is 0 Å². The summed E-state index contributed by atoms with van der Waals surface area (Å²) in [6.07, 6.45) is 5.01. The van der Waals surface area contributed by atoms with Crippen LogP contribution in [-0.4, -0.2) is 41.2 Å². The molecular formula is C10H16N2OS. The molecule has 3 nitrogen and oxygen atoms in total. The first-order chi connectivity index (χ1) is 6.84. The lowest BCUT2D eigenvalue weighted by Gasteiger charge is -2.26. The van der Waals surface area contributed by atoms with E-state index in [4.69, 9.17) is 0 Å². The second-order valence-corrected chi connectivity index (χ2v) is 4.89. The number of likely N-dealkylation sites (tertiary alicyclic amines) is 1. The Kier molecular flexibility index (Phi) is 3.59. The van der Waals surface area contributed by atoms with Crippen LogP contribution in [-0.2, 0) is 4.79 Å². The summed E-state index contributed by atoms with van der Waals surface area (Å²) in [5.41, 5.74) is 0. The molecule has 0 aromatic heterocycles. The molecule has 14 heavy (non-hydrogen) atoms. The molecule has 0 aromatic rings. The molecule has 1 fully saturated rings.